The molecule has 5 rings (SSSR count). The number of carbonyl (C=O) groups excluding carboxylic acids is 2. The molecule has 0 spiro atoms. The lowest BCUT2D eigenvalue weighted by Crippen LogP contribution is -2.50. The summed E-state index contributed by atoms with van der Waals surface area (Å²) in [6.07, 6.45) is 9.96. The summed E-state index contributed by atoms with van der Waals surface area (Å²) in [7, 11) is 1.97. The Morgan fingerprint density at radius 1 is 1.05 bits per heavy atom. The number of amides is 1. The van der Waals surface area contributed by atoms with E-state index >= 15 is 0 Å². The zero-order chi connectivity index (χ0) is 26.5. The van der Waals surface area contributed by atoms with Crippen molar-refractivity contribution in [3.63, 3.8) is 0 Å². The number of benzene rings is 2. The second-order valence-electron chi connectivity index (χ2n) is 11.1. The number of rotatable bonds is 8. The molecule has 2 N–H and O–H groups in total. The van der Waals surface area contributed by atoms with Gasteiger partial charge in [-0.1, -0.05) is 37.5 Å². The molecule has 202 valence electrons. The van der Waals surface area contributed by atoms with E-state index < -0.39 is 0 Å². The van der Waals surface area contributed by atoms with Gasteiger partial charge in [0.2, 0.25) is 5.91 Å². The molecule has 1 heterocycles. The highest BCUT2D eigenvalue weighted by Crippen LogP contribution is 2.36. The minimum absolute atomic E-state index is 0.0578. The van der Waals surface area contributed by atoms with E-state index in [0.717, 1.165) is 48.4 Å². The van der Waals surface area contributed by atoms with Crippen LogP contribution < -0.4 is 10.5 Å². The van der Waals surface area contributed by atoms with Gasteiger partial charge in [-0.25, -0.2) is 4.99 Å². The summed E-state index contributed by atoms with van der Waals surface area (Å²) in [5, 5.41) is 0. The van der Waals surface area contributed by atoms with E-state index in [2.05, 4.69) is 4.90 Å². The fourth-order valence-electron chi connectivity index (χ4n) is 6.34. The maximum absolute atomic E-state index is 13.2. The van der Waals surface area contributed by atoms with Crippen LogP contribution in [0.2, 0.25) is 0 Å². The van der Waals surface area contributed by atoms with Crippen LogP contribution in [0.5, 0.6) is 11.5 Å². The monoisotopic (exact) mass is 516 g/mol. The van der Waals surface area contributed by atoms with E-state index in [1.807, 2.05) is 60.5 Å². The quantitative estimate of drug-likeness (QED) is 0.469. The van der Waals surface area contributed by atoms with E-state index in [1.54, 1.807) is 0 Å². The van der Waals surface area contributed by atoms with Crippen LogP contribution in [0.1, 0.15) is 76.2 Å². The number of hydrogen-bond acceptors (Lipinski definition) is 6. The molecular weight excluding hydrogens is 476 g/mol. The van der Waals surface area contributed by atoms with E-state index in [-0.39, 0.29) is 11.9 Å². The first-order valence-corrected chi connectivity index (χ1v) is 14.2. The summed E-state index contributed by atoms with van der Waals surface area (Å²) in [4.78, 5) is 34.2. The number of ketones is 1. The van der Waals surface area contributed by atoms with Crippen LogP contribution in [0.15, 0.2) is 53.5 Å². The van der Waals surface area contributed by atoms with Gasteiger partial charge in [-0.2, -0.15) is 0 Å². The zero-order valence-corrected chi connectivity index (χ0v) is 22.5. The number of nitrogens with two attached hydrogens (primary N) is 1. The van der Waals surface area contributed by atoms with Gasteiger partial charge in [0.25, 0.3) is 0 Å². The van der Waals surface area contributed by atoms with Crippen molar-refractivity contribution in [3.05, 3.63) is 54.1 Å². The summed E-state index contributed by atoms with van der Waals surface area (Å²) >= 11 is 0. The zero-order valence-electron chi connectivity index (χ0n) is 22.5. The molecule has 0 aromatic heterocycles. The fraction of sp³-hybridized carbons (Fsp3) is 0.516. The number of carbonyl (C=O) groups is 2. The summed E-state index contributed by atoms with van der Waals surface area (Å²) in [5.74, 6) is 2.88. The van der Waals surface area contributed by atoms with Crippen molar-refractivity contribution in [1.82, 2.24) is 9.80 Å². The van der Waals surface area contributed by atoms with Crippen molar-refractivity contribution in [2.45, 2.75) is 89.3 Å². The third-order valence-corrected chi connectivity index (χ3v) is 8.60. The molecule has 2 aromatic carbocycles. The second kappa shape index (κ2) is 12.0. The van der Waals surface area contributed by atoms with Crippen LogP contribution in [-0.4, -0.2) is 46.6 Å². The Hall–Kier alpha value is -3.35. The molecule has 1 aliphatic heterocycles. The average Bonchev–Trinajstić information content (AvgIpc) is 2.95. The van der Waals surface area contributed by atoms with Crippen LogP contribution in [0, 0.1) is 5.92 Å². The number of hydrogen-bond donors (Lipinski definition) is 1. The summed E-state index contributed by atoms with van der Waals surface area (Å²) < 4.78 is 6.07. The molecule has 0 radical (unpaired) electrons. The van der Waals surface area contributed by atoms with Crippen LogP contribution in [0.4, 0.5) is 5.69 Å². The first-order valence-electron chi connectivity index (χ1n) is 14.2. The molecule has 3 aliphatic rings. The Labute approximate surface area is 226 Å². The largest absolute Gasteiger partial charge is 0.457 e. The highest BCUT2D eigenvalue weighted by molar-refractivity contribution is 5.84. The van der Waals surface area contributed by atoms with Gasteiger partial charge in [0.05, 0.1) is 5.69 Å². The van der Waals surface area contributed by atoms with Crippen molar-refractivity contribution in [2.24, 2.45) is 16.6 Å². The van der Waals surface area contributed by atoms with E-state index in [0.29, 0.717) is 55.9 Å². The molecular formula is C31H40N4O3. The standard InChI is InChI=1S/C31H40N4O3/c1-34(24-8-4-2-5-9-24)30(37)19-18-29(22-12-14-25(36)15-13-22)35-21-23-20-27(16-17-28(23)33-31(35)32)38-26-10-6-3-7-11-26/h3,6-7,10-11,16-17,20,22,24,29H,2,4-5,8-9,12-15,18-19,21H2,1H3,(H2,32,33). The Morgan fingerprint density at radius 3 is 2.53 bits per heavy atom. The predicted molar refractivity (Wildman–Crippen MR) is 149 cm³/mol. The molecule has 7 nitrogen and oxygen atoms in total. The molecule has 0 bridgehead atoms. The Balaban J connectivity index is 1.32. The fourth-order valence-corrected chi connectivity index (χ4v) is 6.34. The number of aliphatic imine (C=N–C) groups is 1. The Bertz CT molecular complexity index is 1150. The summed E-state index contributed by atoms with van der Waals surface area (Å²) in [6.45, 7) is 0.610. The van der Waals surface area contributed by atoms with Crippen molar-refractivity contribution in [2.75, 3.05) is 7.05 Å². The van der Waals surface area contributed by atoms with Gasteiger partial charge in [-0.3, -0.25) is 9.59 Å². The molecule has 1 unspecified atom stereocenters. The van der Waals surface area contributed by atoms with Gasteiger partial charge in [0, 0.05) is 50.5 Å². The molecule has 1 atom stereocenters. The maximum Gasteiger partial charge on any atom is 0.222 e. The van der Waals surface area contributed by atoms with Gasteiger partial charge in [0.15, 0.2) is 5.96 Å². The van der Waals surface area contributed by atoms with Gasteiger partial charge in [0.1, 0.15) is 17.3 Å². The van der Waals surface area contributed by atoms with E-state index in [4.69, 9.17) is 15.5 Å². The maximum atomic E-state index is 13.2. The minimum atomic E-state index is 0.0578. The molecule has 7 heteroatoms. The molecule has 2 saturated carbocycles. The smallest absolute Gasteiger partial charge is 0.222 e. The van der Waals surface area contributed by atoms with Gasteiger partial charge < -0.3 is 20.3 Å². The van der Waals surface area contributed by atoms with Crippen molar-refractivity contribution in [1.29, 1.82) is 0 Å². The predicted octanol–water partition coefficient (Wildman–Crippen LogP) is 5.94. The van der Waals surface area contributed by atoms with E-state index in [9.17, 15) is 9.59 Å². The molecule has 2 fully saturated rings. The Morgan fingerprint density at radius 2 is 1.79 bits per heavy atom. The molecule has 2 aromatic rings. The lowest BCUT2D eigenvalue weighted by molar-refractivity contribution is -0.133. The minimum Gasteiger partial charge on any atom is -0.457 e. The van der Waals surface area contributed by atoms with Crippen molar-refractivity contribution >= 4 is 23.3 Å². The van der Waals surface area contributed by atoms with Crippen LogP contribution in [0.25, 0.3) is 0 Å². The van der Waals surface area contributed by atoms with E-state index in [1.165, 1.54) is 19.3 Å². The summed E-state index contributed by atoms with van der Waals surface area (Å²) in [6, 6.07) is 16.1. The number of fused-ring (bicyclic) bond motifs is 1. The second-order valence-corrected chi connectivity index (χ2v) is 11.1. The number of guanidine groups is 1. The Kier molecular flexibility index (Phi) is 8.30. The number of para-hydroxylation sites is 1. The first-order chi connectivity index (χ1) is 18.5. The number of Topliss-reactive ketones (excluding diaryl/α,β-unsaturated/α-hetero) is 1. The van der Waals surface area contributed by atoms with Crippen LogP contribution in [-0.2, 0) is 16.1 Å². The van der Waals surface area contributed by atoms with Gasteiger partial charge in [-0.05, 0) is 68.4 Å². The molecule has 2 aliphatic carbocycles. The number of nitrogens with zero attached hydrogens (tertiary/aromatic N) is 3. The van der Waals surface area contributed by atoms with Crippen molar-refractivity contribution in [3.8, 4) is 11.5 Å². The van der Waals surface area contributed by atoms with Crippen LogP contribution >= 0.6 is 0 Å². The lowest BCUT2D eigenvalue weighted by Gasteiger charge is -2.41. The highest BCUT2D eigenvalue weighted by Gasteiger charge is 2.34. The van der Waals surface area contributed by atoms with Crippen molar-refractivity contribution < 1.29 is 14.3 Å². The van der Waals surface area contributed by atoms with Gasteiger partial charge >= 0.3 is 0 Å². The average molecular weight is 517 g/mol. The van der Waals surface area contributed by atoms with Crippen LogP contribution in [0.3, 0.4) is 0 Å². The third kappa shape index (κ3) is 6.20. The summed E-state index contributed by atoms with van der Waals surface area (Å²) in [5.41, 5.74) is 8.46. The molecule has 0 saturated heterocycles. The SMILES string of the molecule is CN(C(=O)CCC(C1CCC(=O)CC1)N1Cc2cc(Oc3ccccc3)ccc2N=C1N)C1CCCCC1. The van der Waals surface area contributed by atoms with Gasteiger partial charge in [-0.15, -0.1) is 0 Å². The third-order valence-electron chi connectivity index (χ3n) is 8.60. The molecule has 38 heavy (non-hydrogen) atoms. The number of ether oxygens (including phenoxy) is 1. The topological polar surface area (TPSA) is 88.2 Å². The normalized spacial score (nSPS) is 19.4. The highest BCUT2D eigenvalue weighted by atomic mass is 16.5. The molecule has 1 amide bonds. The lowest BCUT2D eigenvalue weighted by atomic mass is 9.80. The first kappa shape index (κ1) is 26.3.